The molecular weight excluding hydrogens is 511 g/mol. The van der Waals surface area contributed by atoms with E-state index in [0.717, 1.165) is 31.5 Å². The predicted octanol–water partition coefficient (Wildman–Crippen LogP) is 5.47. The summed E-state index contributed by atoms with van der Waals surface area (Å²) in [5.74, 6) is 0.320. The Bertz CT molecular complexity index is 1470. The molecule has 1 heterocycles. The quantitative estimate of drug-likeness (QED) is 0.410. The average molecular weight is 536 g/mol. The Hall–Kier alpha value is -3.72. The van der Waals surface area contributed by atoms with E-state index in [9.17, 15) is 31.6 Å². The first-order chi connectivity index (χ1) is 17.4. The number of carbonyl (C=O) groups is 1. The zero-order valence-corrected chi connectivity index (χ0v) is 20.8. The van der Waals surface area contributed by atoms with Gasteiger partial charge in [0.15, 0.2) is 21.9 Å². The first-order valence-corrected chi connectivity index (χ1v) is 13.4. The van der Waals surface area contributed by atoms with Crippen LogP contribution in [0.25, 0.3) is 22.2 Å². The fourth-order valence-corrected chi connectivity index (χ4v) is 4.19. The molecule has 0 spiro atoms. The number of benzene rings is 2. The van der Waals surface area contributed by atoms with E-state index in [1.807, 2.05) is 4.57 Å². The van der Waals surface area contributed by atoms with Crippen molar-refractivity contribution >= 4 is 32.5 Å². The molecule has 1 aromatic heterocycles. The van der Waals surface area contributed by atoms with Crippen LogP contribution < -0.4 is 10.1 Å². The van der Waals surface area contributed by atoms with Gasteiger partial charge in [-0.25, -0.2) is 13.2 Å². The van der Waals surface area contributed by atoms with Crippen LogP contribution in [0.5, 0.6) is 5.75 Å². The molecule has 4 rings (SSSR count). The van der Waals surface area contributed by atoms with Crippen molar-refractivity contribution in [3.8, 4) is 23.1 Å². The molecule has 0 unspecified atom stereocenters. The number of nitrogens with one attached hydrogen (secondary N) is 1. The lowest BCUT2D eigenvalue weighted by Gasteiger charge is -2.16. The van der Waals surface area contributed by atoms with Crippen molar-refractivity contribution in [2.75, 3.05) is 17.5 Å². The van der Waals surface area contributed by atoms with Gasteiger partial charge in [-0.1, -0.05) is 12.1 Å². The zero-order valence-electron chi connectivity index (χ0n) is 20.0. The molecule has 1 aliphatic rings. The van der Waals surface area contributed by atoms with E-state index >= 15 is 0 Å². The van der Waals surface area contributed by atoms with Gasteiger partial charge in [0.25, 0.3) is 0 Å². The third-order valence-corrected chi connectivity index (χ3v) is 6.42. The molecule has 12 heteroatoms. The maximum absolute atomic E-state index is 12.6. The molecular formula is C25H24F3N3O5S. The summed E-state index contributed by atoms with van der Waals surface area (Å²) in [6, 6.07) is 13.6. The molecule has 0 saturated heterocycles. The Morgan fingerprint density at radius 2 is 1.89 bits per heavy atom. The molecule has 37 heavy (non-hydrogen) atoms. The summed E-state index contributed by atoms with van der Waals surface area (Å²) in [6.45, 7) is 1.38. The van der Waals surface area contributed by atoms with Crippen LogP contribution >= 0.6 is 0 Å². The highest BCUT2D eigenvalue weighted by Gasteiger charge is 2.39. The molecule has 1 atom stereocenters. The summed E-state index contributed by atoms with van der Waals surface area (Å²) in [7, 11) is -3.35. The number of aromatic nitrogens is 1. The Labute approximate surface area is 211 Å². The first-order valence-electron chi connectivity index (χ1n) is 11.4. The van der Waals surface area contributed by atoms with Crippen molar-refractivity contribution in [2.45, 2.75) is 38.6 Å². The van der Waals surface area contributed by atoms with Crippen molar-refractivity contribution in [3.63, 3.8) is 0 Å². The van der Waals surface area contributed by atoms with Gasteiger partial charge in [-0.05, 0) is 55.5 Å². The van der Waals surface area contributed by atoms with E-state index in [1.165, 1.54) is 12.1 Å². The number of anilines is 1. The fourth-order valence-electron chi connectivity index (χ4n) is 3.84. The number of amides is 1. The van der Waals surface area contributed by atoms with E-state index < -0.39 is 34.1 Å². The fraction of sp³-hybridized carbons (Fsp3) is 0.360. The molecule has 1 N–H and O–H groups in total. The van der Waals surface area contributed by atoms with Crippen molar-refractivity contribution in [2.24, 2.45) is 5.92 Å². The maximum Gasteiger partial charge on any atom is 0.425 e. The molecule has 1 amide bonds. The van der Waals surface area contributed by atoms with Crippen LogP contribution in [0, 0.1) is 17.2 Å². The molecule has 3 aromatic rings. The highest BCUT2D eigenvalue weighted by Crippen LogP contribution is 2.39. The van der Waals surface area contributed by atoms with Crippen LogP contribution in [0.4, 0.5) is 23.7 Å². The number of carbonyl (C=O) groups excluding carboxylic acids is 1. The summed E-state index contributed by atoms with van der Waals surface area (Å²) >= 11 is 0. The zero-order chi connectivity index (χ0) is 27.0. The molecule has 196 valence electrons. The number of hydrogen-bond acceptors (Lipinski definition) is 6. The van der Waals surface area contributed by atoms with Crippen molar-refractivity contribution in [1.29, 1.82) is 5.26 Å². The van der Waals surface area contributed by atoms with E-state index in [1.54, 1.807) is 30.3 Å². The van der Waals surface area contributed by atoms with Crippen molar-refractivity contribution in [1.82, 2.24) is 4.57 Å². The second-order valence-electron chi connectivity index (χ2n) is 9.05. The van der Waals surface area contributed by atoms with E-state index in [2.05, 4.69) is 16.1 Å². The summed E-state index contributed by atoms with van der Waals surface area (Å²) in [5, 5.41) is 13.0. The predicted molar refractivity (Wildman–Crippen MR) is 131 cm³/mol. The molecule has 8 nitrogen and oxygen atoms in total. The van der Waals surface area contributed by atoms with Crippen LogP contribution in [0.15, 0.2) is 42.5 Å². The van der Waals surface area contributed by atoms with Crippen LogP contribution in [0.1, 0.15) is 25.3 Å². The van der Waals surface area contributed by atoms with Crippen LogP contribution in [-0.2, 0) is 21.1 Å². The van der Waals surface area contributed by atoms with Crippen LogP contribution in [-0.4, -0.2) is 43.6 Å². The summed E-state index contributed by atoms with van der Waals surface area (Å²) < 4.78 is 72.7. The number of nitriles is 1. The number of sulfone groups is 1. The number of alkyl halides is 3. The van der Waals surface area contributed by atoms with Crippen molar-refractivity contribution < 1.29 is 35.9 Å². The number of hydrogen-bond donors (Lipinski definition) is 1. The van der Waals surface area contributed by atoms with Gasteiger partial charge in [0.05, 0.1) is 16.8 Å². The Balaban J connectivity index is 1.66. The van der Waals surface area contributed by atoms with Gasteiger partial charge in [-0.3, -0.25) is 5.32 Å². The maximum atomic E-state index is 12.6. The number of rotatable bonds is 8. The number of ether oxygens (including phenoxy) is 2. The number of halogens is 3. The molecule has 1 fully saturated rings. The summed E-state index contributed by atoms with van der Waals surface area (Å²) in [6.07, 6.45) is -4.99. The normalized spacial score (nSPS) is 14.7. The van der Waals surface area contributed by atoms with Crippen LogP contribution in [0.3, 0.4) is 0 Å². The van der Waals surface area contributed by atoms with Gasteiger partial charge < -0.3 is 14.0 Å². The third kappa shape index (κ3) is 6.35. The Morgan fingerprint density at radius 1 is 1.22 bits per heavy atom. The monoisotopic (exact) mass is 535 g/mol. The SMILES string of the molecule is C[C@@H](OC(=O)Nc1ccc(-c2c(C#N)c3ccc(OCS(C)(=O)=O)cc3n2CC2CC2)cc1)C(F)(F)F. The summed E-state index contributed by atoms with van der Waals surface area (Å²) in [4.78, 5) is 11.8. The van der Waals surface area contributed by atoms with Crippen LogP contribution in [0.2, 0.25) is 0 Å². The van der Waals surface area contributed by atoms with E-state index in [0.29, 0.717) is 40.4 Å². The molecule has 2 aromatic carbocycles. The van der Waals surface area contributed by atoms with Gasteiger partial charge in [-0.15, -0.1) is 0 Å². The highest BCUT2D eigenvalue weighted by atomic mass is 32.2. The molecule has 0 aliphatic heterocycles. The minimum absolute atomic E-state index is 0.225. The van der Waals surface area contributed by atoms with Gasteiger partial charge in [0, 0.05) is 29.9 Å². The first kappa shape index (κ1) is 26.3. The Kier molecular flexibility index (Phi) is 7.10. The highest BCUT2D eigenvalue weighted by molar-refractivity contribution is 7.90. The van der Waals surface area contributed by atoms with Crippen molar-refractivity contribution in [3.05, 3.63) is 48.0 Å². The lowest BCUT2D eigenvalue weighted by atomic mass is 10.1. The lowest BCUT2D eigenvalue weighted by Crippen LogP contribution is -2.32. The van der Waals surface area contributed by atoms with Gasteiger partial charge >= 0.3 is 12.3 Å². The lowest BCUT2D eigenvalue weighted by molar-refractivity contribution is -0.196. The molecule has 1 aliphatic carbocycles. The molecule has 0 bridgehead atoms. The van der Waals surface area contributed by atoms with Gasteiger partial charge in [0.1, 0.15) is 11.8 Å². The van der Waals surface area contributed by atoms with Gasteiger partial charge in [-0.2, -0.15) is 18.4 Å². The largest absolute Gasteiger partial charge is 0.478 e. The topological polar surface area (TPSA) is 110 Å². The molecule has 1 saturated carbocycles. The Morgan fingerprint density at radius 3 is 2.46 bits per heavy atom. The van der Waals surface area contributed by atoms with E-state index in [4.69, 9.17) is 4.74 Å². The number of nitrogens with zero attached hydrogens (tertiary/aromatic N) is 2. The average Bonchev–Trinajstić information content (AvgIpc) is 3.58. The second kappa shape index (κ2) is 9.97. The van der Waals surface area contributed by atoms with E-state index in [-0.39, 0.29) is 5.69 Å². The second-order valence-corrected chi connectivity index (χ2v) is 11.1. The minimum Gasteiger partial charge on any atom is -0.478 e. The standard InChI is InChI=1S/C25H24F3N3O5S/c1-15(25(26,27)28)36-24(32)30-18-7-5-17(6-8-18)23-21(12-29)20-10-9-19(35-14-37(2,33)34)11-22(20)31(23)13-16-3-4-16/h5-11,15-16H,3-4,13-14H2,1-2H3,(H,30,32)/t15-/m1/s1. The minimum atomic E-state index is -4.67. The smallest absolute Gasteiger partial charge is 0.425 e. The number of fused-ring (bicyclic) bond motifs is 1. The third-order valence-electron chi connectivity index (χ3n) is 5.87. The summed E-state index contributed by atoms with van der Waals surface area (Å²) in [5.41, 5.74) is 2.67. The molecule has 0 radical (unpaired) electrons. The van der Waals surface area contributed by atoms with Gasteiger partial charge in [0.2, 0.25) is 0 Å².